The zero-order valence-electron chi connectivity index (χ0n) is 46.5. The van der Waals surface area contributed by atoms with E-state index in [4.69, 9.17) is 17.2 Å². The molecule has 0 unspecified atom stereocenters. The average Bonchev–Trinajstić information content (AvgIpc) is 3.94. The molecular weight excluding hydrogens is 1050 g/mol. The number of phenols is 1. The molecular formula is C54H80N14O13. The summed E-state index contributed by atoms with van der Waals surface area (Å²) < 4.78 is 0. The van der Waals surface area contributed by atoms with Crippen molar-refractivity contribution in [2.75, 3.05) is 13.1 Å². The average molecular weight is 1130 g/mol. The van der Waals surface area contributed by atoms with Gasteiger partial charge in [0.15, 0.2) is 5.96 Å². The van der Waals surface area contributed by atoms with Crippen LogP contribution in [0.1, 0.15) is 96.9 Å². The lowest BCUT2D eigenvalue weighted by Gasteiger charge is -2.29. The molecule has 0 saturated carbocycles. The van der Waals surface area contributed by atoms with E-state index in [0.717, 1.165) is 0 Å². The SMILES string of the molecule is CC[C@H](C)[C@H](NC(=O)CNC(=O)[C@H](Cc1ccc(O)cc1)NC(=O)[C@@H](N)C(C)C)C(=O)N[C@@H](CCCN=C(N)N)C(=O)N[C@@H](CC(C)C)C(=O)N[C@@H](CCC(=O)O)C(=O)N[C@@H](Cc1cnc[nH]1)C(=O)N[C@@H](Cc1ccccc1)C(=O)O. The Labute approximate surface area is 470 Å². The van der Waals surface area contributed by atoms with Crippen molar-refractivity contribution in [1.29, 1.82) is 0 Å². The van der Waals surface area contributed by atoms with Crippen LogP contribution in [0.2, 0.25) is 0 Å². The summed E-state index contributed by atoms with van der Waals surface area (Å²) in [6.07, 6.45) is 1.55. The molecule has 1 heterocycles. The van der Waals surface area contributed by atoms with Gasteiger partial charge in [-0.1, -0.05) is 90.4 Å². The van der Waals surface area contributed by atoms with Crippen LogP contribution in [0.5, 0.6) is 5.75 Å². The first-order chi connectivity index (χ1) is 38.3. The number of amides is 8. The van der Waals surface area contributed by atoms with Gasteiger partial charge in [-0.05, 0) is 66.7 Å². The number of rotatable bonds is 35. The second-order valence-electron chi connectivity index (χ2n) is 20.5. The van der Waals surface area contributed by atoms with Crippen LogP contribution in [0.25, 0.3) is 0 Å². The third-order valence-electron chi connectivity index (χ3n) is 13.0. The van der Waals surface area contributed by atoms with Gasteiger partial charge >= 0.3 is 11.9 Å². The summed E-state index contributed by atoms with van der Waals surface area (Å²) in [5.41, 5.74) is 18.6. The highest BCUT2D eigenvalue weighted by Crippen LogP contribution is 2.15. The van der Waals surface area contributed by atoms with Gasteiger partial charge in [-0.25, -0.2) is 9.78 Å². The quantitative estimate of drug-likeness (QED) is 0.0186. The fourth-order valence-electron chi connectivity index (χ4n) is 8.10. The number of nitrogens with two attached hydrogens (primary N) is 3. The number of aliphatic imine (C=N–C) groups is 1. The Hall–Kier alpha value is -8.62. The molecule has 0 aliphatic rings. The lowest BCUT2D eigenvalue weighted by atomic mass is 9.97. The number of aromatic hydroxyl groups is 1. The van der Waals surface area contributed by atoms with E-state index >= 15 is 0 Å². The van der Waals surface area contributed by atoms with E-state index < -0.39 is 133 Å². The van der Waals surface area contributed by atoms with Gasteiger partial charge in [0, 0.05) is 44.1 Å². The van der Waals surface area contributed by atoms with Crippen molar-refractivity contribution in [1.82, 2.24) is 52.5 Å². The van der Waals surface area contributed by atoms with Crippen molar-refractivity contribution in [2.24, 2.45) is 39.9 Å². The molecule has 81 heavy (non-hydrogen) atoms. The lowest BCUT2D eigenvalue weighted by molar-refractivity contribution is -0.142. The van der Waals surface area contributed by atoms with Crippen LogP contribution in [0.4, 0.5) is 0 Å². The summed E-state index contributed by atoms with van der Waals surface area (Å²) in [7, 11) is 0. The van der Waals surface area contributed by atoms with Crippen molar-refractivity contribution in [3.05, 3.63) is 83.9 Å². The van der Waals surface area contributed by atoms with Crippen LogP contribution in [0.3, 0.4) is 0 Å². The molecule has 3 aromatic rings. The summed E-state index contributed by atoms with van der Waals surface area (Å²) >= 11 is 0. The Morgan fingerprint density at radius 1 is 0.630 bits per heavy atom. The van der Waals surface area contributed by atoms with Crippen LogP contribution >= 0.6 is 0 Å². The summed E-state index contributed by atoms with van der Waals surface area (Å²) in [4.78, 5) is 146. The van der Waals surface area contributed by atoms with Crippen LogP contribution in [0, 0.1) is 17.8 Å². The Morgan fingerprint density at radius 3 is 1.73 bits per heavy atom. The molecule has 0 aliphatic heterocycles. The second-order valence-corrected chi connectivity index (χ2v) is 20.5. The van der Waals surface area contributed by atoms with Gasteiger partial charge in [-0.3, -0.25) is 48.1 Å². The zero-order chi connectivity index (χ0) is 60.3. The van der Waals surface area contributed by atoms with Crippen molar-refractivity contribution >= 4 is 65.2 Å². The molecule has 0 radical (unpaired) electrons. The smallest absolute Gasteiger partial charge is 0.326 e. The van der Waals surface area contributed by atoms with E-state index in [0.29, 0.717) is 23.2 Å². The molecule has 8 amide bonds. The minimum Gasteiger partial charge on any atom is -0.508 e. The molecule has 0 spiro atoms. The van der Waals surface area contributed by atoms with E-state index in [1.165, 1.54) is 24.7 Å². The maximum Gasteiger partial charge on any atom is 0.326 e. The Bertz CT molecular complexity index is 2600. The first-order valence-corrected chi connectivity index (χ1v) is 26.7. The number of guanidine groups is 1. The number of carboxylic acids is 2. The fraction of sp³-hybridized carbons (Fsp3) is 0.519. The van der Waals surface area contributed by atoms with Gasteiger partial charge < -0.3 is 80.0 Å². The molecule has 18 N–H and O–H groups in total. The molecule has 0 aliphatic carbocycles. The number of hydrogen-bond acceptors (Lipinski definition) is 14. The van der Waals surface area contributed by atoms with Crippen molar-refractivity contribution < 1.29 is 63.3 Å². The van der Waals surface area contributed by atoms with Crippen LogP contribution < -0.4 is 59.7 Å². The maximum atomic E-state index is 14.4. The molecule has 1 aromatic heterocycles. The van der Waals surface area contributed by atoms with Crippen molar-refractivity contribution in [3.63, 3.8) is 0 Å². The van der Waals surface area contributed by atoms with Crippen molar-refractivity contribution in [2.45, 2.75) is 148 Å². The monoisotopic (exact) mass is 1130 g/mol. The number of benzene rings is 2. The topological polar surface area (TPSA) is 447 Å². The molecule has 0 fully saturated rings. The maximum absolute atomic E-state index is 14.4. The summed E-state index contributed by atoms with van der Waals surface area (Å²) in [5.74, 6) is -10.8. The fourth-order valence-corrected chi connectivity index (χ4v) is 8.10. The molecule has 2 aromatic carbocycles. The van der Waals surface area contributed by atoms with Gasteiger partial charge in [-0.2, -0.15) is 0 Å². The number of carbonyl (C=O) groups excluding carboxylic acids is 8. The molecule has 0 bridgehead atoms. The molecule has 3 rings (SSSR count). The van der Waals surface area contributed by atoms with E-state index in [2.05, 4.69) is 57.5 Å². The third-order valence-corrected chi connectivity index (χ3v) is 13.0. The number of aromatic amines is 1. The highest BCUT2D eigenvalue weighted by Gasteiger charge is 2.35. The number of phenolic OH excluding ortho intramolecular Hbond substituents is 1. The van der Waals surface area contributed by atoms with Crippen LogP contribution in [-0.2, 0) is 67.2 Å². The molecule has 9 atom stereocenters. The number of nitrogens with zero attached hydrogens (tertiary/aromatic N) is 2. The van der Waals surface area contributed by atoms with Gasteiger partial charge in [0.1, 0.15) is 48.0 Å². The number of aliphatic carboxylic acids is 2. The first-order valence-electron chi connectivity index (χ1n) is 26.7. The minimum absolute atomic E-state index is 0.0178. The van der Waals surface area contributed by atoms with Crippen LogP contribution in [0.15, 0.2) is 72.1 Å². The van der Waals surface area contributed by atoms with Crippen molar-refractivity contribution in [3.8, 4) is 5.75 Å². The summed E-state index contributed by atoms with van der Waals surface area (Å²) in [6, 6.07) is 3.66. The number of carboxylic acid groups (broad SMARTS) is 2. The number of aromatic nitrogens is 2. The second kappa shape index (κ2) is 33.7. The predicted octanol–water partition coefficient (Wildman–Crippen LogP) is -1.27. The normalized spacial score (nSPS) is 14.4. The summed E-state index contributed by atoms with van der Waals surface area (Å²) in [6.45, 7) is 9.75. The van der Waals surface area contributed by atoms with E-state index in [-0.39, 0.29) is 68.6 Å². The molecule has 27 nitrogen and oxygen atoms in total. The number of nitrogens with one attached hydrogen (secondary N) is 9. The van der Waals surface area contributed by atoms with Gasteiger partial charge in [0.25, 0.3) is 0 Å². The van der Waals surface area contributed by atoms with Gasteiger partial charge in [0.05, 0.1) is 18.9 Å². The standard InChI is InChI=1S/C54H80N14O13/c1-7-31(6)45(68-42(70)27-60-46(73)39(66-51(78)44(55)30(4)5)23-33-15-17-35(69)18-16-33)52(79)63-36(14-11-21-59-54(56)57)47(74)64-38(22-29(2)3)49(76)62-37(19-20-43(71)72)48(75)65-40(25-34-26-58-28-61-34)50(77)67-41(53(80)81)24-32-12-9-8-10-13-32/h8-10,12-13,15-18,26,28-31,36-41,44-45,69H,7,11,14,19-25,27,55H2,1-6H3,(H,58,61)(H,60,73)(H,62,76)(H,63,79)(H,64,74)(H,65,75)(H,66,78)(H,67,77)(H,68,70)(H,71,72)(H,80,81)(H4,56,57,59)/t31-,36-,37-,38-,39-,40-,41-,44-,45-/m0/s1. The van der Waals surface area contributed by atoms with Gasteiger partial charge in [-0.15, -0.1) is 0 Å². The number of H-pyrrole nitrogens is 1. The number of imidazole rings is 1. The van der Waals surface area contributed by atoms with E-state index in [1.807, 2.05) is 0 Å². The highest BCUT2D eigenvalue weighted by molar-refractivity contribution is 5.98. The van der Waals surface area contributed by atoms with E-state index in [9.17, 15) is 63.3 Å². The van der Waals surface area contributed by atoms with Crippen LogP contribution in [-0.4, -0.2) is 152 Å². The minimum atomic E-state index is -1.62. The Morgan fingerprint density at radius 2 is 1.16 bits per heavy atom. The zero-order valence-corrected chi connectivity index (χ0v) is 46.5. The molecule has 27 heteroatoms. The predicted molar refractivity (Wildman–Crippen MR) is 297 cm³/mol. The van der Waals surface area contributed by atoms with E-state index in [1.54, 1.807) is 84.0 Å². The first kappa shape index (κ1) is 66.7. The highest BCUT2D eigenvalue weighted by atomic mass is 16.4. The largest absolute Gasteiger partial charge is 0.508 e. The molecule has 0 saturated heterocycles. The number of carbonyl (C=O) groups is 10. The van der Waals surface area contributed by atoms with Gasteiger partial charge in [0.2, 0.25) is 47.3 Å². The Balaban J connectivity index is 1.86. The molecule has 444 valence electrons. The summed E-state index contributed by atoms with van der Waals surface area (Å²) in [5, 5.41) is 50.0. The third kappa shape index (κ3) is 24.1. The Kier molecular flexibility index (Phi) is 27.8. The lowest BCUT2D eigenvalue weighted by Crippen LogP contribution is -2.60. The number of hydrogen-bond donors (Lipinski definition) is 15.